The maximum Gasteiger partial charge on any atom is 0.290 e. The number of aromatic nitrogens is 3. The molecule has 0 aliphatic heterocycles. The first-order chi connectivity index (χ1) is 19.7. The van der Waals surface area contributed by atoms with Crippen molar-refractivity contribution in [1.29, 1.82) is 0 Å². The number of carbonyl (C=O) groups excluding carboxylic acids is 1. The van der Waals surface area contributed by atoms with Crippen molar-refractivity contribution in [3.63, 3.8) is 0 Å². The van der Waals surface area contributed by atoms with Gasteiger partial charge in [0.2, 0.25) is 5.91 Å². The van der Waals surface area contributed by atoms with E-state index in [4.69, 9.17) is 0 Å². The highest BCUT2D eigenvalue weighted by molar-refractivity contribution is 9.10. The Kier molecular flexibility index (Phi) is 8.08. The molecule has 222 valence electrons. The number of benzene rings is 1. The zero-order chi connectivity index (χ0) is 30.4. The Balaban J connectivity index is 1.47. The molecule has 14 heteroatoms. The number of carbonyl (C=O) groups is 1. The Morgan fingerprint density at radius 3 is 2.33 bits per heavy atom. The third-order valence-electron chi connectivity index (χ3n) is 6.84. The molecule has 0 bridgehead atoms. The van der Waals surface area contributed by atoms with E-state index in [2.05, 4.69) is 43.2 Å². The first-order valence-corrected chi connectivity index (χ1v) is 13.6. The summed E-state index contributed by atoms with van der Waals surface area (Å²) in [5.74, 6) is -4.45. The number of nitrogens with one attached hydrogen (secondary N) is 1. The molecule has 1 saturated carbocycles. The quantitative estimate of drug-likeness (QED) is 0.217. The lowest BCUT2D eigenvalue weighted by atomic mass is 9.89. The summed E-state index contributed by atoms with van der Waals surface area (Å²) in [6.45, 7) is -1.11. The Morgan fingerprint density at radius 2 is 1.71 bits per heavy atom. The van der Waals surface area contributed by atoms with Gasteiger partial charge in [0.1, 0.15) is 29.6 Å². The van der Waals surface area contributed by atoms with E-state index in [1.165, 1.54) is 6.20 Å². The van der Waals surface area contributed by atoms with Gasteiger partial charge in [-0.25, -0.2) is 26.3 Å². The topological polar surface area (TPSA) is 59.8 Å². The molecule has 5 nitrogen and oxygen atoms in total. The molecule has 3 aromatic rings. The molecule has 1 N–H and O–H groups in total. The second-order valence-corrected chi connectivity index (χ2v) is 11.1. The number of fused-ring (bicyclic) bond motifs is 1. The van der Waals surface area contributed by atoms with Crippen LogP contribution < -0.4 is 5.32 Å². The predicted octanol–water partition coefficient (Wildman–Crippen LogP) is 7.10. The Bertz CT molecular complexity index is 1570. The summed E-state index contributed by atoms with van der Waals surface area (Å²) in [5.41, 5.74) is -3.73. The van der Waals surface area contributed by atoms with Gasteiger partial charge in [0.15, 0.2) is 0 Å². The smallest absolute Gasteiger partial charge is 0.290 e. The van der Waals surface area contributed by atoms with Gasteiger partial charge in [-0.05, 0) is 59.0 Å². The van der Waals surface area contributed by atoms with Crippen LogP contribution >= 0.6 is 15.9 Å². The van der Waals surface area contributed by atoms with Gasteiger partial charge < -0.3 is 5.32 Å². The van der Waals surface area contributed by atoms with Gasteiger partial charge in [0.05, 0.1) is 17.3 Å². The van der Waals surface area contributed by atoms with E-state index in [0.29, 0.717) is 22.0 Å². The molecule has 42 heavy (non-hydrogen) atoms. The van der Waals surface area contributed by atoms with Gasteiger partial charge in [-0.2, -0.15) is 13.9 Å². The number of halogens is 9. The van der Waals surface area contributed by atoms with Crippen molar-refractivity contribution >= 4 is 21.8 Å². The highest BCUT2D eigenvalue weighted by atomic mass is 79.9. The molecule has 2 aliphatic rings. The fourth-order valence-corrected chi connectivity index (χ4v) is 5.41. The van der Waals surface area contributed by atoms with E-state index in [-0.39, 0.29) is 22.4 Å². The van der Waals surface area contributed by atoms with Crippen LogP contribution in [0.1, 0.15) is 71.9 Å². The average Bonchev–Trinajstić information content (AvgIpc) is 3.62. The van der Waals surface area contributed by atoms with Crippen LogP contribution in [0.25, 0.3) is 0 Å². The minimum absolute atomic E-state index is 0.103. The standard InChI is InChI=1S/C28H21BrF8N4O/c29-19-9-15(4-3-14-1-2-14)12-38-23(19)20(10-16-7-17(30)11-18(31)8-16)39-21(42)13-41-25-22(24(40-41)26(32)33)27(34,35)5-6-28(25,36)37/h7-9,11-12,14,20,26H,1-2,5-6,10,13H2,(H,39,42). The van der Waals surface area contributed by atoms with Crippen LogP contribution in [-0.2, 0) is 29.6 Å². The van der Waals surface area contributed by atoms with Gasteiger partial charge in [-0.3, -0.25) is 14.5 Å². The number of hydrogen-bond donors (Lipinski definition) is 1. The van der Waals surface area contributed by atoms with E-state index in [1.807, 2.05) is 0 Å². The first kappa shape index (κ1) is 30.0. The lowest BCUT2D eigenvalue weighted by Gasteiger charge is -2.29. The molecule has 1 amide bonds. The van der Waals surface area contributed by atoms with Gasteiger partial charge in [0.25, 0.3) is 18.3 Å². The lowest BCUT2D eigenvalue weighted by molar-refractivity contribution is -0.123. The molecular weight excluding hydrogens is 640 g/mol. The third kappa shape index (κ3) is 6.45. The van der Waals surface area contributed by atoms with Crippen molar-refractivity contribution in [1.82, 2.24) is 20.1 Å². The summed E-state index contributed by atoms with van der Waals surface area (Å²) in [4.78, 5) is 17.4. The molecule has 1 fully saturated rings. The van der Waals surface area contributed by atoms with Crippen molar-refractivity contribution in [2.45, 2.75) is 63.0 Å². The first-order valence-electron chi connectivity index (χ1n) is 12.8. The van der Waals surface area contributed by atoms with Crippen molar-refractivity contribution < 1.29 is 39.9 Å². The molecule has 2 heterocycles. The Labute approximate surface area is 242 Å². The summed E-state index contributed by atoms with van der Waals surface area (Å²) < 4.78 is 114. The average molecular weight is 661 g/mol. The third-order valence-corrected chi connectivity index (χ3v) is 7.47. The number of rotatable bonds is 7. The molecule has 0 radical (unpaired) electrons. The molecule has 1 atom stereocenters. The van der Waals surface area contributed by atoms with Crippen molar-refractivity contribution in [3.05, 3.63) is 80.3 Å². The Morgan fingerprint density at radius 1 is 1.05 bits per heavy atom. The maximum absolute atomic E-state index is 14.8. The molecular formula is C28H21BrF8N4O. The van der Waals surface area contributed by atoms with Gasteiger partial charge >= 0.3 is 0 Å². The highest BCUT2D eigenvalue weighted by Crippen LogP contribution is 2.52. The van der Waals surface area contributed by atoms with Crippen LogP contribution in [0.5, 0.6) is 0 Å². The lowest BCUT2D eigenvalue weighted by Crippen LogP contribution is -2.37. The molecule has 2 aromatic heterocycles. The minimum Gasteiger partial charge on any atom is -0.346 e. The number of nitrogens with zero attached hydrogens (tertiary/aromatic N) is 3. The SMILES string of the molecule is O=C(Cn1nc(C(F)F)c2c1C(F)(F)CCC2(F)F)NC(Cc1cc(F)cc(F)c1)c1ncc(C#CC2CC2)cc1Br. The molecule has 0 saturated heterocycles. The van der Waals surface area contributed by atoms with Gasteiger partial charge in [0, 0.05) is 41.1 Å². The highest BCUT2D eigenvalue weighted by Gasteiger charge is 2.55. The summed E-state index contributed by atoms with van der Waals surface area (Å²) in [7, 11) is 0. The molecule has 5 rings (SSSR count). The zero-order valence-electron chi connectivity index (χ0n) is 21.5. The molecule has 2 aliphatic carbocycles. The summed E-state index contributed by atoms with van der Waals surface area (Å²) >= 11 is 3.35. The van der Waals surface area contributed by atoms with Crippen LogP contribution in [0.15, 0.2) is 34.9 Å². The predicted molar refractivity (Wildman–Crippen MR) is 137 cm³/mol. The van der Waals surface area contributed by atoms with Crippen molar-refractivity contribution in [3.8, 4) is 11.8 Å². The maximum atomic E-state index is 14.8. The fourth-order valence-electron chi connectivity index (χ4n) is 4.78. The van der Waals surface area contributed by atoms with E-state index >= 15 is 0 Å². The van der Waals surface area contributed by atoms with E-state index in [0.717, 1.165) is 25.0 Å². The van der Waals surface area contributed by atoms with Crippen LogP contribution in [0, 0.1) is 29.4 Å². The monoisotopic (exact) mass is 660 g/mol. The van der Waals surface area contributed by atoms with Crippen molar-refractivity contribution in [2.24, 2.45) is 5.92 Å². The van der Waals surface area contributed by atoms with Gasteiger partial charge in [-0.1, -0.05) is 11.8 Å². The second kappa shape index (κ2) is 11.3. The molecule has 0 spiro atoms. The number of hydrogen-bond acceptors (Lipinski definition) is 3. The summed E-state index contributed by atoms with van der Waals surface area (Å²) in [6.07, 6.45) is -3.10. The summed E-state index contributed by atoms with van der Waals surface area (Å²) in [5, 5.41) is 5.78. The normalized spacial score (nSPS) is 17.8. The minimum atomic E-state index is -4.00. The van der Waals surface area contributed by atoms with E-state index in [9.17, 15) is 39.9 Å². The fraction of sp³-hybridized carbons (Fsp3) is 0.393. The van der Waals surface area contributed by atoms with Crippen LogP contribution in [-0.4, -0.2) is 20.7 Å². The van der Waals surface area contributed by atoms with E-state index in [1.54, 1.807) is 6.07 Å². The Hall–Kier alpha value is -3.47. The summed E-state index contributed by atoms with van der Waals surface area (Å²) in [6, 6.07) is 3.18. The van der Waals surface area contributed by atoms with Crippen LogP contribution in [0.2, 0.25) is 0 Å². The second-order valence-electron chi connectivity index (χ2n) is 10.2. The zero-order valence-corrected chi connectivity index (χ0v) is 23.1. The number of alkyl halides is 6. The van der Waals surface area contributed by atoms with Crippen molar-refractivity contribution in [2.75, 3.05) is 0 Å². The number of amides is 1. The van der Waals surface area contributed by atoms with E-state index < -0.39 is 78.2 Å². The molecule has 1 aromatic carbocycles. The largest absolute Gasteiger partial charge is 0.346 e. The molecule has 1 unspecified atom stereocenters. The van der Waals surface area contributed by atoms with Crippen LogP contribution in [0.3, 0.4) is 0 Å². The number of pyridine rings is 1. The van der Waals surface area contributed by atoms with Crippen LogP contribution in [0.4, 0.5) is 35.1 Å². The van der Waals surface area contributed by atoms with Gasteiger partial charge in [-0.15, -0.1) is 0 Å².